The van der Waals surface area contributed by atoms with Crippen LogP contribution in [0.25, 0.3) is 11.2 Å². The van der Waals surface area contributed by atoms with Crippen molar-refractivity contribution in [2.75, 3.05) is 12.3 Å². The van der Waals surface area contributed by atoms with Crippen molar-refractivity contribution in [3.05, 3.63) is 12.7 Å². The van der Waals surface area contributed by atoms with Gasteiger partial charge in [0.25, 0.3) is 0 Å². The molecule has 0 spiro atoms. The van der Waals surface area contributed by atoms with Crippen LogP contribution in [0.15, 0.2) is 12.7 Å². The Hall–Kier alpha value is -1.73. The number of ether oxygens (including phenoxy) is 1. The first-order valence-electron chi connectivity index (χ1n) is 5.41. The first-order valence-corrected chi connectivity index (χ1v) is 5.41. The molecule has 90 valence electrons. The van der Waals surface area contributed by atoms with Crippen LogP contribution in [0.5, 0.6) is 0 Å². The molecule has 2 aromatic rings. The molecule has 0 aromatic carbocycles. The molecule has 1 fully saturated rings. The molecule has 17 heavy (non-hydrogen) atoms. The van der Waals surface area contributed by atoms with Gasteiger partial charge in [0.1, 0.15) is 18.1 Å². The van der Waals surface area contributed by atoms with E-state index in [1.165, 1.54) is 6.33 Å². The highest BCUT2D eigenvalue weighted by atomic mass is 16.5. The van der Waals surface area contributed by atoms with Crippen LogP contribution in [0, 0.1) is 5.92 Å². The molecule has 3 N–H and O–H groups in total. The number of hydrogen-bond acceptors (Lipinski definition) is 6. The minimum Gasteiger partial charge on any atom is -0.394 e. The summed E-state index contributed by atoms with van der Waals surface area (Å²) in [4.78, 5) is 12.2. The summed E-state index contributed by atoms with van der Waals surface area (Å²) in [7, 11) is 0. The zero-order valence-electron chi connectivity index (χ0n) is 9.32. The lowest BCUT2D eigenvalue weighted by Crippen LogP contribution is -2.45. The van der Waals surface area contributed by atoms with Gasteiger partial charge in [0.05, 0.1) is 19.0 Å². The fourth-order valence-electron chi connectivity index (χ4n) is 2.11. The van der Waals surface area contributed by atoms with Gasteiger partial charge >= 0.3 is 0 Å². The zero-order chi connectivity index (χ0) is 12.0. The van der Waals surface area contributed by atoms with Crippen LogP contribution >= 0.6 is 0 Å². The third-order valence-corrected chi connectivity index (χ3v) is 3.19. The molecule has 3 heterocycles. The third kappa shape index (κ3) is 1.39. The summed E-state index contributed by atoms with van der Waals surface area (Å²) in [6, 6.07) is 0. The lowest BCUT2D eigenvalue weighted by molar-refractivity contribution is -0.227. The van der Waals surface area contributed by atoms with Gasteiger partial charge in [-0.3, -0.25) is 4.57 Å². The van der Waals surface area contributed by atoms with Crippen molar-refractivity contribution >= 4 is 17.0 Å². The zero-order valence-corrected chi connectivity index (χ0v) is 9.32. The maximum Gasteiger partial charge on any atom is 0.167 e. The number of nitrogen functional groups attached to an aromatic ring is 1. The monoisotopic (exact) mass is 235 g/mol. The van der Waals surface area contributed by atoms with E-state index < -0.39 is 0 Å². The van der Waals surface area contributed by atoms with Crippen LogP contribution in [0.3, 0.4) is 0 Å². The van der Waals surface area contributed by atoms with E-state index in [0.29, 0.717) is 17.0 Å². The Kier molecular flexibility index (Phi) is 2.23. The van der Waals surface area contributed by atoms with Crippen LogP contribution < -0.4 is 5.73 Å². The highest BCUT2D eigenvalue weighted by Crippen LogP contribution is 2.38. The largest absolute Gasteiger partial charge is 0.394 e. The van der Waals surface area contributed by atoms with E-state index in [1.807, 2.05) is 11.5 Å². The summed E-state index contributed by atoms with van der Waals surface area (Å²) in [5.74, 6) is 0.577. The average Bonchev–Trinajstić information content (AvgIpc) is 2.73. The minimum absolute atomic E-state index is 0.0292. The number of aliphatic hydroxyl groups is 1. The van der Waals surface area contributed by atoms with E-state index in [-0.39, 0.29) is 24.9 Å². The van der Waals surface area contributed by atoms with E-state index in [2.05, 4.69) is 15.0 Å². The van der Waals surface area contributed by atoms with Crippen LogP contribution in [0.2, 0.25) is 0 Å². The summed E-state index contributed by atoms with van der Waals surface area (Å²) < 4.78 is 7.39. The van der Waals surface area contributed by atoms with Gasteiger partial charge in [0.15, 0.2) is 11.5 Å². The van der Waals surface area contributed by atoms with E-state index in [4.69, 9.17) is 15.6 Å². The van der Waals surface area contributed by atoms with E-state index in [0.717, 1.165) is 0 Å². The normalized spacial score (nSPS) is 28.2. The van der Waals surface area contributed by atoms with Gasteiger partial charge in [-0.25, -0.2) is 15.0 Å². The Morgan fingerprint density at radius 1 is 1.47 bits per heavy atom. The second-order valence-electron chi connectivity index (χ2n) is 4.19. The second-order valence-corrected chi connectivity index (χ2v) is 4.19. The molecule has 7 heteroatoms. The molecule has 0 amide bonds. The number of imidazole rings is 1. The number of nitrogens with two attached hydrogens (primary N) is 1. The minimum atomic E-state index is -0.147. The number of nitrogens with zero attached hydrogens (tertiary/aromatic N) is 4. The molecular weight excluding hydrogens is 222 g/mol. The van der Waals surface area contributed by atoms with Gasteiger partial charge in [-0.15, -0.1) is 0 Å². The van der Waals surface area contributed by atoms with Crippen molar-refractivity contribution < 1.29 is 9.84 Å². The Morgan fingerprint density at radius 2 is 2.29 bits per heavy atom. The Balaban J connectivity index is 2.00. The molecule has 2 aromatic heterocycles. The summed E-state index contributed by atoms with van der Waals surface area (Å²) in [6.07, 6.45) is 2.79. The van der Waals surface area contributed by atoms with Crippen LogP contribution in [0.1, 0.15) is 13.2 Å². The van der Waals surface area contributed by atoms with E-state index >= 15 is 0 Å². The summed E-state index contributed by atoms with van der Waals surface area (Å²) >= 11 is 0. The van der Waals surface area contributed by atoms with Gasteiger partial charge in [-0.05, 0) is 0 Å². The Labute approximate surface area is 97.3 Å². The summed E-state index contributed by atoms with van der Waals surface area (Å²) in [5, 5.41) is 9.03. The van der Waals surface area contributed by atoms with Crippen molar-refractivity contribution in [2.45, 2.75) is 19.3 Å². The van der Waals surface area contributed by atoms with Crippen molar-refractivity contribution in [2.24, 2.45) is 5.92 Å². The Morgan fingerprint density at radius 3 is 3.00 bits per heavy atom. The van der Waals surface area contributed by atoms with Crippen LogP contribution in [-0.2, 0) is 4.74 Å². The first kappa shape index (κ1) is 10.4. The molecule has 0 saturated carbocycles. The molecular formula is C10H13N5O2. The standard InChI is InChI=1S/C10H13N5O2/c1-5-6(2-16)17-10(5)15-4-14-7-8(11)12-3-13-9(7)15/h3-6,10,16H,2H2,1H3,(H2,11,12,13)/t5-,6-,10-/m1/s1. The molecule has 1 aliphatic rings. The highest BCUT2D eigenvalue weighted by molar-refractivity contribution is 5.81. The molecule has 0 aliphatic carbocycles. The third-order valence-electron chi connectivity index (χ3n) is 3.19. The molecule has 0 radical (unpaired) electrons. The van der Waals surface area contributed by atoms with Crippen molar-refractivity contribution in [3.8, 4) is 0 Å². The SMILES string of the molecule is C[C@H]1[C@H](n2cnc3c(N)ncnc32)O[C@@H]1CO. The quantitative estimate of drug-likeness (QED) is 0.756. The molecule has 3 atom stereocenters. The van der Waals surface area contributed by atoms with Crippen molar-refractivity contribution in [1.29, 1.82) is 0 Å². The van der Waals surface area contributed by atoms with Gasteiger partial charge in [0, 0.05) is 5.92 Å². The van der Waals surface area contributed by atoms with Gasteiger partial charge in [-0.2, -0.15) is 0 Å². The lowest BCUT2D eigenvalue weighted by Gasteiger charge is -2.42. The van der Waals surface area contributed by atoms with Crippen LogP contribution in [0.4, 0.5) is 5.82 Å². The van der Waals surface area contributed by atoms with Gasteiger partial charge < -0.3 is 15.6 Å². The fraction of sp³-hybridized carbons (Fsp3) is 0.500. The maximum atomic E-state index is 9.03. The van der Waals surface area contributed by atoms with Crippen LogP contribution in [-0.4, -0.2) is 37.3 Å². The second kappa shape index (κ2) is 3.64. The van der Waals surface area contributed by atoms with Gasteiger partial charge in [-0.1, -0.05) is 6.92 Å². The molecule has 3 rings (SSSR count). The first-order chi connectivity index (χ1) is 8.22. The van der Waals surface area contributed by atoms with Crippen molar-refractivity contribution in [3.63, 3.8) is 0 Å². The fourth-order valence-corrected chi connectivity index (χ4v) is 2.11. The predicted molar refractivity (Wildman–Crippen MR) is 59.9 cm³/mol. The topological polar surface area (TPSA) is 99.1 Å². The lowest BCUT2D eigenvalue weighted by atomic mass is 9.97. The molecule has 0 unspecified atom stereocenters. The maximum absolute atomic E-state index is 9.03. The number of anilines is 1. The Bertz CT molecular complexity index is 555. The number of aliphatic hydroxyl groups excluding tert-OH is 1. The molecule has 7 nitrogen and oxygen atoms in total. The van der Waals surface area contributed by atoms with Gasteiger partial charge in [0.2, 0.25) is 0 Å². The number of fused-ring (bicyclic) bond motifs is 1. The molecule has 0 bridgehead atoms. The van der Waals surface area contributed by atoms with E-state index in [9.17, 15) is 0 Å². The average molecular weight is 235 g/mol. The number of hydrogen-bond donors (Lipinski definition) is 2. The summed E-state index contributed by atoms with van der Waals surface area (Å²) in [6.45, 7) is 2.05. The summed E-state index contributed by atoms with van der Waals surface area (Å²) in [5.41, 5.74) is 6.95. The van der Waals surface area contributed by atoms with Crippen molar-refractivity contribution in [1.82, 2.24) is 19.5 Å². The number of aromatic nitrogens is 4. The highest BCUT2D eigenvalue weighted by Gasteiger charge is 2.40. The smallest absolute Gasteiger partial charge is 0.167 e. The molecule has 1 aliphatic heterocycles. The van der Waals surface area contributed by atoms with E-state index in [1.54, 1.807) is 6.33 Å². The predicted octanol–water partition coefficient (Wildman–Crippen LogP) is -0.0657. The number of rotatable bonds is 2. The molecule has 1 saturated heterocycles.